The van der Waals surface area contributed by atoms with Crippen LogP contribution in [0.2, 0.25) is 0 Å². The van der Waals surface area contributed by atoms with Gasteiger partial charge >= 0.3 is 0 Å². The molecule has 2 heteroatoms. The van der Waals surface area contributed by atoms with Gasteiger partial charge in [-0.3, -0.25) is 0 Å². The number of nitrogens with one attached hydrogen (secondary N) is 1. The molecule has 1 aliphatic rings. The SMILES string of the molecule is Cc1ccc(-c2c(N(C)C)ccc(C3=CC=CC3)c2C=N)c(C)c1C. The summed E-state index contributed by atoms with van der Waals surface area (Å²) in [6.07, 6.45) is 8.89. The third-order valence-corrected chi connectivity index (χ3v) is 5.29. The van der Waals surface area contributed by atoms with Crippen LogP contribution in [-0.4, -0.2) is 20.3 Å². The average Bonchev–Trinajstić information content (AvgIpc) is 3.13. The fourth-order valence-corrected chi connectivity index (χ4v) is 3.57. The first-order valence-corrected chi connectivity index (χ1v) is 8.73. The van der Waals surface area contributed by atoms with Crippen LogP contribution in [0.15, 0.2) is 42.5 Å². The van der Waals surface area contributed by atoms with Crippen molar-refractivity contribution in [2.45, 2.75) is 27.2 Å². The van der Waals surface area contributed by atoms with E-state index in [2.05, 4.69) is 82.3 Å². The van der Waals surface area contributed by atoms with E-state index in [-0.39, 0.29) is 0 Å². The van der Waals surface area contributed by atoms with Crippen LogP contribution in [0.5, 0.6) is 0 Å². The monoisotopic (exact) mass is 330 g/mol. The lowest BCUT2D eigenvalue weighted by Gasteiger charge is -2.24. The van der Waals surface area contributed by atoms with Crippen molar-refractivity contribution in [3.63, 3.8) is 0 Å². The molecule has 0 atom stereocenters. The van der Waals surface area contributed by atoms with Gasteiger partial charge in [-0.05, 0) is 66.6 Å². The molecule has 2 aromatic carbocycles. The summed E-state index contributed by atoms with van der Waals surface area (Å²) in [6.45, 7) is 6.52. The van der Waals surface area contributed by atoms with Crippen LogP contribution >= 0.6 is 0 Å². The lowest BCUT2D eigenvalue weighted by atomic mass is 9.86. The van der Waals surface area contributed by atoms with Crippen molar-refractivity contribution in [3.8, 4) is 11.1 Å². The Morgan fingerprint density at radius 1 is 0.960 bits per heavy atom. The Morgan fingerprint density at radius 3 is 2.28 bits per heavy atom. The maximum atomic E-state index is 8.15. The molecule has 0 unspecified atom stereocenters. The molecule has 3 rings (SSSR count). The van der Waals surface area contributed by atoms with Crippen molar-refractivity contribution in [2.24, 2.45) is 0 Å². The van der Waals surface area contributed by atoms with E-state index in [1.165, 1.54) is 39.6 Å². The largest absolute Gasteiger partial charge is 0.377 e. The maximum absolute atomic E-state index is 8.15. The number of rotatable bonds is 4. The van der Waals surface area contributed by atoms with Crippen molar-refractivity contribution >= 4 is 17.5 Å². The number of hydrogen-bond acceptors (Lipinski definition) is 2. The zero-order valence-electron chi connectivity index (χ0n) is 15.8. The summed E-state index contributed by atoms with van der Waals surface area (Å²) >= 11 is 0. The minimum Gasteiger partial charge on any atom is -0.377 e. The number of nitrogens with zero attached hydrogens (tertiary/aromatic N) is 1. The van der Waals surface area contributed by atoms with Crippen LogP contribution in [0, 0.1) is 26.2 Å². The van der Waals surface area contributed by atoms with Crippen molar-refractivity contribution in [2.75, 3.05) is 19.0 Å². The van der Waals surface area contributed by atoms with E-state index in [9.17, 15) is 0 Å². The van der Waals surface area contributed by atoms with Gasteiger partial charge in [-0.2, -0.15) is 0 Å². The van der Waals surface area contributed by atoms with Gasteiger partial charge in [-0.1, -0.05) is 36.4 Å². The standard InChI is InChI=1S/C23H26N2/c1-15-10-11-19(17(3)16(15)2)23-21(14-24)20(18-8-6-7-9-18)12-13-22(23)25(4)5/h6-8,10-14,24H,9H2,1-5H3. The molecule has 0 aliphatic heterocycles. The first-order valence-electron chi connectivity index (χ1n) is 8.73. The summed E-state index contributed by atoms with van der Waals surface area (Å²) in [5.41, 5.74) is 10.9. The molecule has 0 amide bonds. The molecule has 1 aliphatic carbocycles. The van der Waals surface area contributed by atoms with Crippen molar-refractivity contribution in [1.29, 1.82) is 5.41 Å². The predicted molar refractivity (Wildman–Crippen MR) is 110 cm³/mol. The van der Waals surface area contributed by atoms with E-state index in [1.807, 2.05) is 0 Å². The molecule has 1 N–H and O–H groups in total. The Bertz CT molecular complexity index is 899. The van der Waals surface area contributed by atoms with Crippen LogP contribution in [0.4, 0.5) is 5.69 Å². The van der Waals surface area contributed by atoms with Gasteiger partial charge in [-0.15, -0.1) is 0 Å². The van der Waals surface area contributed by atoms with E-state index in [1.54, 1.807) is 0 Å². The third-order valence-electron chi connectivity index (χ3n) is 5.29. The Labute approximate surface area is 151 Å². The van der Waals surface area contributed by atoms with E-state index >= 15 is 0 Å². The van der Waals surface area contributed by atoms with Gasteiger partial charge in [0.25, 0.3) is 0 Å². The highest BCUT2D eigenvalue weighted by Crippen LogP contribution is 2.40. The third kappa shape index (κ3) is 2.93. The molecule has 128 valence electrons. The van der Waals surface area contributed by atoms with Crippen LogP contribution in [0.3, 0.4) is 0 Å². The van der Waals surface area contributed by atoms with Gasteiger partial charge in [0.1, 0.15) is 0 Å². The molecular weight excluding hydrogens is 304 g/mol. The Kier molecular flexibility index (Phi) is 4.63. The second-order valence-corrected chi connectivity index (χ2v) is 6.96. The highest BCUT2D eigenvalue weighted by molar-refractivity contribution is 6.01. The van der Waals surface area contributed by atoms with Crippen LogP contribution in [0.1, 0.15) is 34.2 Å². The first-order chi connectivity index (χ1) is 12.0. The van der Waals surface area contributed by atoms with Crippen LogP contribution in [-0.2, 0) is 0 Å². The Morgan fingerprint density at radius 2 is 1.68 bits per heavy atom. The van der Waals surface area contributed by atoms with Crippen LogP contribution in [0.25, 0.3) is 16.7 Å². The molecule has 0 bridgehead atoms. The first kappa shape index (κ1) is 17.2. The molecule has 0 radical (unpaired) electrons. The Hall–Kier alpha value is -2.61. The summed E-state index contributed by atoms with van der Waals surface area (Å²) in [7, 11) is 4.14. The van der Waals surface area contributed by atoms with Gasteiger partial charge in [0.05, 0.1) is 0 Å². The lowest BCUT2D eigenvalue weighted by Crippen LogP contribution is -2.12. The molecule has 0 saturated carbocycles. The molecule has 25 heavy (non-hydrogen) atoms. The molecule has 0 aromatic heterocycles. The minimum atomic E-state index is 0.938. The fourth-order valence-electron chi connectivity index (χ4n) is 3.57. The van der Waals surface area contributed by atoms with Gasteiger partial charge in [0, 0.05) is 37.1 Å². The molecule has 0 spiro atoms. The fraction of sp³-hybridized carbons (Fsp3) is 0.261. The zero-order valence-corrected chi connectivity index (χ0v) is 15.8. The quantitative estimate of drug-likeness (QED) is 0.717. The highest BCUT2D eigenvalue weighted by atomic mass is 15.1. The number of hydrogen-bond donors (Lipinski definition) is 1. The Balaban J connectivity index is 2.35. The molecule has 0 heterocycles. The summed E-state index contributed by atoms with van der Waals surface area (Å²) in [5, 5.41) is 8.15. The second kappa shape index (κ2) is 6.72. The normalized spacial score (nSPS) is 13.1. The second-order valence-electron chi connectivity index (χ2n) is 6.96. The average molecular weight is 330 g/mol. The summed E-state index contributed by atoms with van der Waals surface area (Å²) < 4.78 is 0. The molecular formula is C23H26N2. The van der Waals surface area contributed by atoms with Crippen molar-refractivity contribution in [1.82, 2.24) is 0 Å². The van der Waals surface area contributed by atoms with Gasteiger partial charge in [0.2, 0.25) is 0 Å². The van der Waals surface area contributed by atoms with E-state index in [0.717, 1.165) is 23.2 Å². The molecule has 2 aromatic rings. The topological polar surface area (TPSA) is 27.1 Å². The summed E-state index contributed by atoms with van der Waals surface area (Å²) in [6, 6.07) is 8.74. The van der Waals surface area contributed by atoms with Crippen LogP contribution < -0.4 is 4.90 Å². The van der Waals surface area contributed by atoms with Gasteiger partial charge < -0.3 is 10.3 Å². The zero-order chi connectivity index (χ0) is 18.1. The van der Waals surface area contributed by atoms with E-state index in [0.29, 0.717) is 0 Å². The maximum Gasteiger partial charge on any atom is 0.0447 e. The van der Waals surface area contributed by atoms with E-state index < -0.39 is 0 Å². The number of benzene rings is 2. The van der Waals surface area contributed by atoms with Crippen molar-refractivity contribution < 1.29 is 0 Å². The molecule has 0 fully saturated rings. The number of aryl methyl sites for hydroxylation is 1. The summed E-state index contributed by atoms with van der Waals surface area (Å²) in [5.74, 6) is 0. The lowest BCUT2D eigenvalue weighted by molar-refractivity contribution is 1.13. The molecule has 2 nitrogen and oxygen atoms in total. The summed E-state index contributed by atoms with van der Waals surface area (Å²) in [4.78, 5) is 2.14. The van der Waals surface area contributed by atoms with Crippen molar-refractivity contribution in [3.05, 3.63) is 70.3 Å². The van der Waals surface area contributed by atoms with Gasteiger partial charge in [-0.25, -0.2) is 0 Å². The van der Waals surface area contributed by atoms with E-state index in [4.69, 9.17) is 5.41 Å². The predicted octanol–water partition coefficient (Wildman–Crippen LogP) is 5.69. The highest BCUT2D eigenvalue weighted by Gasteiger charge is 2.19. The smallest absolute Gasteiger partial charge is 0.0447 e. The minimum absolute atomic E-state index is 0.938. The number of anilines is 1. The molecule has 0 saturated heterocycles. The van der Waals surface area contributed by atoms with Gasteiger partial charge in [0.15, 0.2) is 0 Å². The number of allylic oxidation sites excluding steroid dienone is 4.